The van der Waals surface area contributed by atoms with Gasteiger partial charge in [-0.05, 0) is 48.9 Å². The second kappa shape index (κ2) is 7.61. The fraction of sp³-hybridized carbons (Fsp3) is 0.0909. The first-order valence-corrected chi connectivity index (χ1v) is 9.98. The predicted octanol–water partition coefficient (Wildman–Crippen LogP) is 5.64. The summed E-state index contributed by atoms with van der Waals surface area (Å²) in [5, 5.41) is 6.05. The number of hydrogen-bond acceptors (Lipinski definition) is 2. The smallest absolute Gasteiger partial charge is 0.255 e. The summed E-state index contributed by atoms with van der Waals surface area (Å²) < 4.78 is 14.5. The molecule has 0 radical (unpaired) electrons. The summed E-state index contributed by atoms with van der Waals surface area (Å²) in [6.07, 6.45) is 0. The van der Waals surface area contributed by atoms with E-state index in [2.05, 4.69) is 26.6 Å². The van der Waals surface area contributed by atoms with Gasteiger partial charge in [0.25, 0.3) is 11.8 Å². The highest BCUT2D eigenvalue weighted by Gasteiger charge is 2.34. The Morgan fingerprint density at radius 2 is 1.93 bits per heavy atom. The van der Waals surface area contributed by atoms with Crippen molar-refractivity contribution in [2.75, 3.05) is 5.32 Å². The highest BCUT2D eigenvalue weighted by atomic mass is 79.9. The van der Waals surface area contributed by atoms with Gasteiger partial charge in [-0.3, -0.25) is 9.59 Å². The van der Waals surface area contributed by atoms with Crippen LogP contribution in [0.25, 0.3) is 0 Å². The molecule has 29 heavy (non-hydrogen) atoms. The van der Waals surface area contributed by atoms with Crippen LogP contribution in [0.3, 0.4) is 0 Å². The van der Waals surface area contributed by atoms with Gasteiger partial charge < -0.3 is 10.6 Å². The molecule has 7 heteroatoms. The van der Waals surface area contributed by atoms with Crippen molar-refractivity contribution in [3.63, 3.8) is 0 Å². The summed E-state index contributed by atoms with van der Waals surface area (Å²) in [6, 6.07) is 13.9. The predicted molar refractivity (Wildman–Crippen MR) is 114 cm³/mol. The van der Waals surface area contributed by atoms with Crippen molar-refractivity contribution in [1.29, 1.82) is 0 Å². The van der Waals surface area contributed by atoms with Crippen molar-refractivity contribution in [2.45, 2.75) is 13.0 Å². The van der Waals surface area contributed by atoms with E-state index in [-0.39, 0.29) is 11.8 Å². The molecule has 1 heterocycles. The molecule has 1 aliphatic heterocycles. The van der Waals surface area contributed by atoms with Gasteiger partial charge in [0.05, 0.1) is 6.04 Å². The second-order valence-electron chi connectivity index (χ2n) is 6.76. The maximum Gasteiger partial charge on any atom is 0.255 e. The highest BCUT2D eigenvalue weighted by molar-refractivity contribution is 9.10. The first-order valence-electron chi connectivity index (χ1n) is 8.81. The zero-order chi connectivity index (χ0) is 20.7. The zero-order valence-electron chi connectivity index (χ0n) is 15.2. The van der Waals surface area contributed by atoms with E-state index in [1.165, 1.54) is 18.2 Å². The van der Waals surface area contributed by atoms with Crippen molar-refractivity contribution >= 4 is 45.0 Å². The zero-order valence-corrected chi connectivity index (χ0v) is 17.6. The molecule has 0 bridgehead atoms. The maximum absolute atomic E-state index is 13.9. The second-order valence-corrected chi connectivity index (χ2v) is 8.08. The molecule has 0 aliphatic carbocycles. The summed E-state index contributed by atoms with van der Waals surface area (Å²) in [5.74, 6) is -1.08. The van der Waals surface area contributed by atoms with Crippen LogP contribution in [0.2, 0.25) is 5.02 Å². The minimum absolute atomic E-state index is 0.299. The Morgan fingerprint density at radius 1 is 1.17 bits per heavy atom. The number of benzene rings is 3. The summed E-state index contributed by atoms with van der Waals surface area (Å²) >= 11 is 9.67. The molecule has 0 fully saturated rings. The van der Waals surface area contributed by atoms with Gasteiger partial charge in [-0.25, -0.2) is 4.39 Å². The Bertz CT molecular complexity index is 1170. The number of carbonyl (C=O) groups is 2. The number of halogens is 3. The Labute approximate surface area is 180 Å². The van der Waals surface area contributed by atoms with E-state index in [0.29, 0.717) is 37.4 Å². The monoisotopic (exact) mass is 472 g/mol. The van der Waals surface area contributed by atoms with Gasteiger partial charge >= 0.3 is 0 Å². The summed E-state index contributed by atoms with van der Waals surface area (Å²) in [5.41, 5.74) is 3.17. The molecular formula is C22H15BrClFN2O2. The van der Waals surface area contributed by atoms with Crippen LogP contribution in [0.5, 0.6) is 0 Å². The molecule has 1 atom stereocenters. The SMILES string of the molecule is Cc1ccccc1C(=O)Nc1cc(Br)cc2c1C(c1cc(F)ccc1Cl)NC2=O. The number of amides is 2. The first kappa shape index (κ1) is 19.6. The number of fused-ring (bicyclic) bond motifs is 1. The summed E-state index contributed by atoms with van der Waals surface area (Å²) in [7, 11) is 0. The van der Waals surface area contributed by atoms with Crippen LogP contribution in [0.1, 0.15) is 43.4 Å². The number of carbonyl (C=O) groups excluding carboxylic acids is 2. The van der Waals surface area contributed by atoms with E-state index in [4.69, 9.17) is 11.6 Å². The number of nitrogens with one attached hydrogen (secondary N) is 2. The van der Waals surface area contributed by atoms with E-state index in [1.54, 1.807) is 24.3 Å². The van der Waals surface area contributed by atoms with E-state index >= 15 is 0 Å². The average molecular weight is 474 g/mol. The van der Waals surface area contributed by atoms with E-state index in [9.17, 15) is 14.0 Å². The minimum atomic E-state index is -0.680. The molecule has 3 aromatic rings. The lowest BCUT2D eigenvalue weighted by molar-refractivity contribution is 0.0959. The summed E-state index contributed by atoms with van der Waals surface area (Å²) in [6.45, 7) is 1.85. The van der Waals surface area contributed by atoms with Gasteiger partial charge in [-0.1, -0.05) is 45.7 Å². The molecule has 146 valence electrons. The van der Waals surface area contributed by atoms with Crippen molar-refractivity contribution in [3.8, 4) is 0 Å². The molecule has 3 aromatic carbocycles. The minimum Gasteiger partial charge on any atom is -0.341 e. The molecule has 1 aliphatic rings. The lowest BCUT2D eigenvalue weighted by Gasteiger charge is -2.18. The molecule has 0 saturated carbocycles. The van der Waals surface area contributed by atoms with Crippen LogP contribution >= 0.6 is 27.5 Å². The van der Waals surface area contributed by atoms with Gasteiger partial charge in [0.2, 0.25) is 0 Å². The Hall–Kier alpha value is -2.70. The molecular weight excluding hydrogens is 459 g/mol. The van der Waals surface area contributed by atoms with Crippen LogP contribution in [0.4, 0.5) is 10.1 Å². The average Bonchev–Trinajstić information content (AvgIpc) is 3.00. The third-order valence-corrected chi connectivity index (χ3v) is 5.66. The number of aryl methyl sites for hydroxylation is 1. The number of rotatable bonds is 3. The maximum atomic E-state index is 13.9. The molecule has 0 saturated heterocycles. The van der Waals surface area contributed by atoms with Crippen molar-refractivity contribution in [1.82, 2.24) is 5.32 Å². The van der Waals surface area contributed by atoms with E-state index in [1.807, 2.05) is 19.1 Å². The molecule has 4 nitrogen and oxygen atoms in total. The molecule has 2 amide bonds. The van der Waals surface area contributed by atoms with Gasteiger partial charge in [-0.2, -0.15) is 0 Å². The van der Waals surface area contributed by atoms with Crippen LogP contribution < -0.4 is 10.6 Å². The highest BCUT2D eigenvalue weighted by Crippen LogP contribution is 2.41. The van der Waals surface area contributed by atoms with Gasteiger partial charge in [0.15, 0.2) is 0 Å². The third kappa shape index (κ3) is 3.66. The van der Waals surface area contributed by atoms with Crippen LogP contribution in [0.15, 0.2) is 59.1 Å². The Balaban J connectivity index is 1.82. The van der Waals surface area contributed by atoms with Crippen molar-refractivity contribution in [3.05, 3.63) is 97.7 Å². The summed E-state index contributed by atoms with van der Waals surface area (Å²) in [4.78, 5) is 25.5. The first-order chi connectivity index (χ1) is 13.8. The topological polar surface area (TPSA) is 58.2 Å². The molecule has 1 unspecified atom stereocenters. The molecule has 0 spiro atoms. The van der Waals surface area contributed by atoms with Gasteiger partial charge in [0, 0.05) is 37.4 Å². The van der Waals surface area contributed by atoms with E-state index in [0.717, 1.165) is 5.56 Å². The fourth-order valence-corrected chi connectivity index (χ4v) is 4.17. The lowest BCUT2D eigenvalue weighted by atomic mass is 9.96. The van der Waals surface area contributed by atoms with Crippen molar-refractivity contribution in [2.24, 2.45) is 0 Å². The van der Waals surface area contributed by atoms with Gasteiger partial charge in [-0.15, -0.1) is 0 Å². The number of anilines is 1. The lowest BCUT2D eigenvalue weighted by Crippen LogP contribution is -2.21. The molecule has 2 N–H and O–H groups in total. The molecule has 4 rings (SSSR count). The quantitative estimate of drug-likeness (QED) is 0.517. The number of hydrogen-bond donors (Lipinski definition) is 2. The Kier molecular flexibility index (Phi) is 5.15. The fourth-order valence-electron chi connectivity index (χ4n) is 3.49. The molecule has 0 aromatic heterocycles. The van der Waals surface area contributed by atoms with Crippen LogP contribution in [-0.2, 0) is 0 Å². The Morgan fingerprint density at radius 3 is 2.69 bits per heavy atom. The normalized spacial score (nSPS) is 15.0. The van der Waals surface area contributed by atoms with Crippen LogP contribution in [0, 0.1) is 12.7 Å². The largest absolute Gasteiger partial charge is 0.341 e. The standard InChI is InChI=1S/C22H15BrClFN2O2/c1-11-4-2-3-5-14(11)21(28)26-18-9-12(23)8-16-19(18)20(27-22(16)29)15-10-13(25)6-7-17(15)24/h2-10,20H,1H3,(H,26,28)(H,27,29). The van der Waals surface area contributed by atoms with Crippen molar-refractivity contribution < 1.29 is 14.0 Å². The third-order valence-electron chi connectivity index (χ3n) is 4.86. The van der Waals surface area contributed by atoms with E-state index < -0.39 is 11.9 Å². The van der Waals surface area contributed by atoms with Gasteiger partial charge in [0.1, 0.15) is 5.82 Å². The van der Waals surface area contributed by atoms with Crippen LogP contribution in [-0.4, -0.2) is 11.8 Å².